The van der Waals surface area contributed by atoms with Gasteiger partial charge in [0.25, 0.3) is 5.91 Å². The first-order valence-corrected chi connectivity index (χ1v) is 10.1. The highest BCUT2D eigenvalue weighted by molar-refractivity contribution is 5.92. The topological polar surface area (TPSA) is 58.4 Å². The Morgan fingerprint density at radius 1 is 1.18 bits per heavy atom. The molecule has 1 spiro atoms. The average Bonchev–Trinajstić information content (AvgIpc) is 3.16. The van der Waals surface area contributed by atoms with Crippen LogP contribution in [0.1, 0.15) is 48.2 Å². The van der Waals surface area contributed by atoms with E-state index in [4.69, 9.17) is 0 Å². The molecule has 0 saturated carbocycles. The number of aromatic nitrogens is 2. The predicted octanol–water partition coefficient (Wildman–Crippen LogP) is 2.68. The number of piperidine rings is 2. The molecular formula is C22H28N4O2. The summed E-state index contributed by atoms with van der Waals surface area (Å²) in [6, 6.07) is 11.9. The molecule has 1 aromatic carbocycles. The summed E-state index contributed by atoms with van der Waals surface area (Å²) in [5.74, 6) is 0.218. The fourth-order valence-electron chi connectivity index (χ4n) is 4.79. The van der Waals surface area contributed by atoms with Crippen LogP contribution in [0.2, 0.25) is 0 Å². The van der Waals surface area contributed by atoms with Crippen LogP contribution in [0.3, 0.4) is 0 Å². The fourth-order valence-corrected chi connectivity index (χ4v) is 4.79. The Bertz CT molecular complexity index is 852. The van der Waals surface area contributed by atoms with Gasteiger partial charge in [0, 0.05) is 39.4 Å². The third-order valence-corrected chi connectivity index (χ3v) is 6.51. The molecule has 2 aliphatic heterocycles. The molecule has 2 amide bonds. The van der Waals surface area contributed by atoms with Gasteiger partial charge in [-0.1, -0.05) is 30.3 Å². The van der Waals surface area contributed by atoms with E-state index in [0.717, 1.165) is 51.0 Å². The van der Waals surface area contributed by atoms with Crippen LogP contribution >= 0.6 is 0 Å². The number of nitrogens with zero attached hydrogens (tertiary/aromatic N) is 4. The molecule has 2 aliphatic rings. The number of hydrogen-bond donors (Lipinski definition) is 0. The zero-order valence-electron chi connectivity index (χ0n) is 16.7. The van der Waals surface area contributed by atoms with Gasteiger partial charge in [0.1, 0.15) is 5.69 Å². The maximum atomic E-state index is 13.0. The van der Waals surface area contributed by atoms with E-state index in [1.807, 2.05) is 28.0 Å². The molecule has 2 saturated heterocycles. The van der Waals surface area contributed by atoms with E-state index in [-0.39, 0.29) is 23.1 Å². The molecule has 0 bridgehead atoms. The van der Waals surface area contributed by atoms with E-state index in [9.17, 15) is 9.59 Å². The Morgan fingerprint density at radius 2 is 1.89 bits per heavy atom. The van der Waals surface area contributed by atoms with Crippen molar-refractivity contribution in [3.05, 3.63) is 53.9 Å². The monoisotopic (exact) mass is 380 g/mol. The molecule has 2 aromatic rings. The highest BCUT2D eigenvalue weighted by Crippen LogP contribution is 2.45. The van der Waals surface area contributed by atoms with Crippen LogP contribution in [0.25, 0.3) is 0 Å². The van der Waals surface area contributed by atoms with Crippen molar-refractivity contribution in [3.63, 3.8) is 0 Å². The van der Waals surface area contributed by atoms with Crippen LogP contribution in [-0.4, -0.2) is 57.6 Å². The molecule has 1 aromatic heterocycles. The number of benzene rings is 1. The molecule has 0 aliphatic carbocycles. The van der Waals surface area contributed by atoms with E-state index < -0.39 is 0 Å². The SMILES string of the molecule is CCN1CC2(CCN(C(=O)c3ccnn3C)CC2)C[C@H](c2ccccc2)C1=O. The maximum absolute atomic E-state index is 13.0. The molecule has 28 heavy (non-hydrogen) atoms. The van der Waals surface area contributed by atoms with Crippen molar-refractivity contribution in [1.29, 1.82) is 0 Å². The van der Waals surface area contributed by atoms with Crippen LogP contribution in [0, 0.1) is 5.41 Å². The minimum atomic E-state index is -0.0748. The third kappa shape index (κ3) is 3.32. The van der Waals surface area contributed by atoms with Crippen LogP contribution in [-0.2, 0) is 11.8 Å². The Kier molecular flexibility index (Phi) is 4.96. The van der Waals surface area contributed by atoms with Gasteiger partial charge in [0.2, 0.25) is 5.91 Å². The van der Waals surface area contributed by atoms with Crippen molar-refractivity contribution in [3.8, 4) is 0 Å². The second-order valence-corrected chi connectivity index (χ2v) is 8.15. The number of hydrogen-bond acceptors (Lipinski definition) is 3. The number of carbonyl (C=O) groups is 2. The van der Waals surface area contributed by atoms with Gasteiger partial charge in [-0.3, -0.25) is 14.3 Å². The van der Waals surface area contributed by atoms with Crippen LogP contribution in [0.4, 0.5) is 0 Å². The quantitative estimate of drug-likeness (QED) is 0.823. The lowest BCUT2D eigenvalue weighted by Gasteiger charge is -2.49. The van der Waals surface area contributed by atoms with Crippen molar-refractivity contribution < 1.29 is 9.59 Å². The summed E-state index contributed by atoms with van der Waals surface area (Å²) in [5, 5.41) is 4.11. The first kappa shape index (κ1) is 18.7. The smallest absolute Gasteiger partial charge is 0.272 e. The van der Waals surface area contributed by atoms with Crippen molar-refractivity contribution in [2.75, 3.05) is 26.2 Å². The van der Waals surface area contributed by atoms with Gasteiger partial charge in [-0.05, 0) is 43.2 Å². The van der Waals surface area contributed by atoms with Gasteiger partial charge in [0.05, 0.1) is 5.92 Å². The number of aryl methyl sites for hydroxylation is 1. The number of likely N-dealkylation sites (tertiary alicyclic amines) is 2. The molecule has 6 heteroatoms. The summed E-state index contributed by atoms with van der Waals surface area (Å²) in [5.41, 5.74) is 1.83. The van der Waals surface area contributed by atoms with E-state index >= 15 is 0 Å². The number of likely N-dealkylation sites (N-methyl/N-ethyl adjacent to an activating group) is 1. The third-order valence-electron chi connectivity index (χ3n) is 6.51. The van der Waals surface area contributed by atoms with Gasteiger partial charge >= 0.3 is 0 Å². The highest BCUT2D eigenvalue weighted by atomic mass is 16.2. The zero-order chi connectivity index (χ0) is 19.7. The first-order chi connectivity index (χ1) is 13.5. The van der Waals surface area contributed by atoms with Gasteiger partial charge in [-0.2, -0.15) is 5.10 Å². The number of amides is 2. The second kappa shape index (κ2) is 7.41. The molecule has 2 fully saturated rings. The van der Waals surface area contributed by atoms with Crippen LogP contribution in [0.15, 0.2) is 42.6 Å². The molecule has 1 atom stereocenters. The first-order valence-electron chi connectivity index (χ1n) is 10.1. The minimum absolute atomic E-state index is 0.0497. The van der Waals surface area contributed by atoms with Crippen molar-refractivity contribution in [2.45, 2.75) is 32.1 Å². The molecular weight excluding hydrogens is 352 g/mol. The lowest BCUT2D eigenvalue weighted by molar-refractivity contribution is -0.141. The summed E-state index contributed by atoms with van der Waals surface area (Å²) in [6.07, 6.45) is 4.41. The summed E-state index contributed by atoms with van der Waals surface area (Å²) in [7, 11) is 1.80. The summed E-state index contributed by atoms with van der Waals surface area (Å²) in [6.45, 7) is 5.07. The highest BCUT2D eigenvalue weighted by Gasteiger charge is 2.46. The van der Waals surface area contributed by atoms with E-state index in [0.29, 0.717) is 5.69 Å². The normalized spacial score (nSPS) is 21.9. The molecule has 0 unspecified atom stereocenters. The summed E-state index contributed by atoms with van der Waals surface area (Å²) >= 11 is 0. The standard InChI is InChI=1S/C22H28N4O2/c1-3-25-16-22(15-18(20(25)27)17-7-5-4-6-8-17)10-13-26(14-11-22)21(28)19-9-12-23-24(19)2/h4-9,12,18H,3,10-11,13-16H2,1-2H3/t18-/m1/s1. The van der Waals surface area contributed by atoms with Gasteiger partial charge < -0.3 is 9.80 Å². The maximum Gasteiger partial charge on any atom is 0.272 e. The zero-order valence-corrected chi connectivity index (χ0v) is 16.7. The summed E-state index contributed by atoms with van der Waals surface area (Å²) in [4.78, 5) is 29.8. The lowest BCUT2D eigenvalue weighted by atomic mass is 9.67. The van der Waals surface area contributed by atoms with Crippen molar-refractivity contribution >= 4 is 11.8 Å². The Labute approximate surface area is 166 Å². The predicted molar refractivity (Wildman–Crippen MR) is 107 cm³/mol. The molecule has 0 N–H and O–H groups in total. The molecule has 6 nitrogen and oxygen atoms in total. The fraction of sp³-hybridized carbons (Fsp3) is 0.500. The van der Waals surface area contributed by atoms with E-state index in [1.165, 1.54) is 0 Å². The molecule has 148 valence electrons. The number of carbonyl (C=O) groups excluding carboxylic acids is 2. The Balaban J connectivity index is 1.51. The largest absolute Gasteiger partial charge is 0.342 e. The van der Waals surface area contributed by atoms with Gasteiger partial charge in [-0.15, -0.1) is 0 Å². The summed E-state index contributed by atoms with van der Waals surface area (Å²) < 4.78 is 1.64. The molecule has 3 heterocycles. The lowest BCUT2D eigenvalue weighted by Crippen LogP contribution is -2.54. The Hall–Kier alpha value is -2.63. The number of rotatable bonds is 3. The van der Waals surface area contributed by atoms with Crippen LogP contribution in [0.5, 0.6) is 0 Å². The van der Waals surface area contributed by atoms with Gasteiger partial charge in [-0.25, -0.2) is 0 Å². The van der Waals surface area contributed by atoms with E-state index in [1.54, 1.807) is 24.0 Å². The van der Waals surface area contributed by atoms with E-state index in [2.05, 4.69) is 24.2 Å². The molecule has 4 rings (SSSR count). The van der Waals surface area contributed by atoms with Crippen molar-refractivity contribution in [1.82, 2.24) is 19.6 Å². The van der Waals surface area contributed by atoms with Crippen molar-refractivity contribution in [2.24, 2.45) is 12.5 Å². The average molecular weight is 380 g/mol. The minimum Gasteiger partial charge on any atom is -0.342 e. The second-order valence-electron chi connectivity index (χ2n) is 8.15. The van der Waals surface area contributed by atoms with Gasteiger partial charge in [0.15, 0.2) is 0 Å². The molecule has 0 radical (unpaired) electrons. The van der Waals surface area contributed by atoms with Crippen LogP contribution < -0.4 is 0 Å². The Morgan fingerprint density at radius 3 is 2.50 bits per heavy atom.